The molecule has 0 saturated heterocycles. The van der Waals surface area contributed by atoms with Gasteiger partial charge in [-0.1, -0.05) is 12.1 Å². The van der Waals surface area contributed by atoms with Gasteiger partial charge in [0.1, 0.15) is 0 Å². The highest BCUT2D eigenvalue weighted by molar-refractivity contribution is 5.94. The maximum Gasteiger partial charge on any atom is 0.251 e. The van der Waals surface area contributed by atoms with Crippen LogP contribution >= 0.6 is 0 Å². The average Bonchev–Trinajstić information content (AvgIpc) is 2.85. The van der Waals surface area contributed by atoms with Crippen LogP contribution in [0.2, 0.25) is 0 Å². The Hall–Kier alpha value is -1.35. The van der Waals surface area contributed by atoms with Crippen LogP contribution in [0.15, 0.2) is 24.3 Å². The minimum absolute atomic E-state index is 0.0779. The van der Waals surface area contributed by atoms with Crippen LogP contribution in [-0.2, 0) is 6.54 Å². The number of hydrogen-bond donors (Lipinski definition) is 2. The molecule has 0 spiro atoms. The summed E-state index contributed by atoms with van der Waals surface area (Å²) in [5.41, 5.74) is 7.39. The maximum atomic E-state index is 12.3. The van der Waals surface area contributed by atoms with Crippen molar-refractivity contribution in [2.45, 2.75) is 31.8 Å². The fraction of sp³-hybridized carbons (Fsp3) is 0.562. The number of amides is 1. The first-order valence-electron chi connectivity index (χ1n) is 7.38. The number of hydrogen-bond acceptors (Lipinski definition) is 2. The molecule has 3 saturated carbocycles. The molecule has 2 bridgehead atoms. The van der Waals surface area contributed by atoms with Crippen LogP contribution in [-0.4, -0.2) is 11.9 Å². The Balaban J connectivity index is 1.45. The van der Waals surface area contributed by atoms with Gasteiger partial charge in [0, 0.05) is 18.2 Å². The van der Waals surface area contributed by atoms with Gasteiger partial charge in [-0.3, -0.25) is 4.79 Å². The molecule has 1 amide bonds. The first-order chi connectivity index (χ1) is 9.28. The molecule has 100 valence electrons. The van der Waals surface area contributed by atoms with Crippen molar-refractivity contribution in [3.63, 3.8) is 0 Å². The van der Waals surface area contributed by atoms with Crippen molar-refractivity contribution >= 4 is 5.91 Å². The number of fused-ring (bicyclic) bond motifs is 5. The van der Waals surface area contributed by atoms with Crippen LogP contribution in [0.5, 0.6) is 0 Å². The molecule has 3 aliphatic carbocycles. The quantitative estimate of drug-likeness (QED) is 0.868. The summed E-state index contributed by atoms with van der Waals surface area (Å²) in [7, 11) is 0. The van der Waals surface area contributed by atoms with Crippen molar-refractivity contribution < 1.29 is 4.79 Å². The third kappa shape index (κ3) is 1.71. The molecular weight excluding hydrogens is 236 g/mol. The van der Waals surface area contributed by atoms with Crippen LogP contribution in [0.1, 0.15) is 35.2 Å². The Bertz CT molecular complexity index is 511. The van der Waals surface area contributed by atoms with Crippen molar-refractivity contribution in [3.8, 4) is 0 Å². The van der Waals surface area contributed by atoms with Gasteiger partial charge in [-0.15, -0.1) is 0 Å². The standard InChI is InChI=1S/C16H20N2O/c17-8-9-2-1-3-12(6-9)16(19)18-15-13-10-4-5-11(7-10)14(13)15/h1-3,6,10-11,13-15H,4-5,7-8,17H2,(H,18,19). The molecule has 1 aromatic carbocycles. The smallest absolute Gasteiger partial charge is 0.251 e. The molecule has 3 nitrogen and oxygen atoms in total. The lowest BCUT2D eigenvalue weighted by molar-refractivity contribution is 0.0944. The Morgan fingerprint density at radius 2 is 2.00 bits per heavy atom. The van der Waals surface area contributed by atoms with Gasteiger partial charge in [0.05, 0.1) is 0 Å². The molecule has 1 aromatic rings. The predicted molar refractivity (Wildman–Crippen MR) is 73.4 cm³/mol. The van der Waals surface area contributed by atoms with E-state index in [1.807, 2.05) is 24.3 Å². The second-order valence-corrected chi connectivity index (χ2v) is 6.39. The molecule has 3 heteroatoms. The summed E-state index contributed by atoms with van der Waals surface area (Å²) in [5.74, 6) is 3.46. The van der Waals surface area contributed by atoms with Crippen LogP contribution in [0, 0.1) is 23.7 Å². The molecule has 0 aliphatic heterocycles. The van der Waals surface area contributed by atoms with Crippen LogP contribution in [0.3, 0.4) is 0 Å². The minimum Gasteiger partial charge on any atom is -0.349 e. The van der Waals surface area contributed by atoms with Gasteiger partial charge < -0.3 is 11.1 Å². The summed E-state index contributed by atoms with van der Waals surface area (Å²) < 4.78 is 0. The lowest BCUT2D eigenvalue weighted by atomic mass is 10.0. The van der Waals surface area contributed by atoms with Crippen LogP contribution < -0.4 is 11.1 Å². The summed E-state index contributed by atoms with van der Waals surface area (Å²) in [4.78, 5) is 12.3. The van der Waals surface area contributed by atoms with E-state index < -0.39 is 0 Å². The molecule has 0 radical (unpaired) electrons. The Labute approximate surface area is 113 Å². The zero-order valence-electron chi connectivity index (χ0n) is 11.0. The summed E-state index contributed by atoms with van der Waals surface area (Å²) >= 11 is 0. The van der Waals surface area contributed by atoms with Crippen LogP contribution in [0.25, 0.3) is 0 Å². The van der Waals surface area contributed by atoms with Crippen molar-refractivity contribution in [1.29, 1.82) is 0 Å². The van der Waals surface area contributed by atoms with Crippen molar-refractivity contribution in [1.82, 2.24) is 5.32 Å². The van der Waals surface area contributed by atoms with E-state index in [1.54, 1.807) is 0 Å². The van der Waals surface area contributed by atoms with Gasteiger partial charge in [-0.05, 0) is 60.6 Å². The van der Waals surface area contributed by atoms with E-state index in [1.165, 1.54) is 19.3 Å². The average molecular weight is 256 g/mol. The van der Waals surface area contributed by atoms with Gasteiger partial charge >= 0.3 is 0 Å². The maximum absolute atomic E-state index is 12.3. The van der Waals surface area contributed by atoms with Gasteiger partial charge in [0.15, 0.2) is 0 Å². The van der Waals surface area contributed by atoms with Gasteiger partial charge in [-0.25, -0.2) is 0 Å². The molecule has 19 heavy (non-hydrogen) atoms. The second-order valence-electron chi connectivity index (χ2n) is 6.39. The molecule has 3 aliphatic rings. The molecule has 0 aromatic heterocycles. The molecule has 3 N–H and O–H groups in total. The molecule has 4 atom stereocenters. The number of rotatable bonds is 3. The predicted octanol–water partition coefficient (Wildman–Crippen LogP) is 1.92. The third-order valence-electron chi connectivity index (χ3n) is 5.46. The lowest BCUT2D eigenvalue weighted by Gasteiger charge is -2.11. The second kappa shape index (κ2) is 4.07. The van der Waals surface area contributed by atoms with Crippen LogP contribution in [0.4, 0.5) is 0 Å². The monoisotopic (exact) mass is 256 g/mol. The molecule has 4 unspecified atom stereocenters. The first-order valence-corrected chi connectivity index (χ1v) is 7.38. The topological polar surface area (TPSA) is 55.1 Å². The number of benzene rings is 1. The van der Waals surface area contributed by atoms with E-state index >= 15 is 0 Å². The fourth-order valence-electron chi connectivity index (χ4n) is 4.59. The first kappa shape index (κ1) is 11.5. The van der Waals surface area contributed by atoms with Gasteiger partial charge in [0.25, 0.3) is 5.91 Å². The normalized spacial score (nSPS) is 38.1. The van der Waals surface area contributed by atoms with E-state index in [9.17, 15) is 4.79 Å². The third-order valence-corrected chi connectivity index (χ3v) is 5.46. The highest BCUT2D eigenvalue weighted by atomic mass is 16.1. The Kier molecular flexibility index (Phi) is 2.46. The van der Waals surface area contributed by atoms with Gasteiger partial charge in [0.2, 0.25) is 0 Å². The summed E-state index contributed by atoms with van der Waals surface area (Å²) in [5, 5.41) is 3.24. The highest BCUT2D eigenvalue weighted by Gasteiger charge is 2.65. The van der Waals surface area contributed by atoms with Crippen molar-refractivity contribution in [2.75, 3.05) is 0 Å². The van der Waals surface area contributed by atoms with E-state index in [-0.39, 0.29) is 5.91 Å². The van der Waals surface area contributed by atoms with Crippen molar-refractivity contribution in [3.05, 3.63) is 35.4 Å². The molecule has 0 heterocycles. The summed E-state index contributed by atoms with van der Waals surface area (Å²) in [6.07, 6.45) is 4.20. The SMILES string of the molecule is NCc1cccc(C(=O)NC2C3C4CCC(C4)C23)c1. The van der Waals surface area contributed by atoms with E-state index in [0.717, 1.165) is 34.8 Å². The minimum atomic E-state index is 0.0779. The fourth-order valence-corrected chi connectivity index (χ4v) is 4.59. The summed E-state index contributed by atoms with van der Waals surface area (Å²) in [6, 6.07) is 8.11. The lowest BCUT2D eigenvalue weighted by Crippen LogP contribution is -2.30. The zero-order valence-corrected chi connectivity index (χ0v) is 11.0. The Morgan fingerprint density at radius 1 is 1.26 bits per heavy atom. The zero-order chi connectivity index (χ0) is 13.0. The molecular formula is C16H20N2O. The van der Waals surface area contributed by atoms with E-state index in [4.69, 9.17) is 5.73 Å². The van der Waals surface area contributed by atoms with E-state index in [0.29, 0.717) is 12.6 Å². The van der Waals surface area contributed by atoms with Crippen molar-refractivity contribution in [2.24, 2.45) is 29.4 Å². The molecule has 3 fully saturated rings. The number of nitrogens with two attached hydrogens (primary N) is 1. The largest absolute Gasteiger partial charge is 0.349 e. The molecule has 4 rings (SSSR count). The Morgan fingerprint density at radius 3 is 2.68 bits per heavy atom. The number of carbonyl (C=O) groups excluding carboxylic acids is 1. The highest BCUT2D eigenvalue weighted by Crippen LogP contribution is 2.65. The summed E-state index contributed by atoms with van der Waals surface area (Å²) in [6.45, 7) is 0.486. The number of nitrogens with one attached hydrogen (secondary N) is 1. The number of carbonyl (C=O) groups is 1. The van der Waals surface area contributed by atoms with Gasteiger partial charge in [-0.2, -0.15) is 0 Å². The van der Waals surface area contributed by atoms with E-state index in [2.05, 4.69) is 5.32 Å².